The van der Waals surface area contributed by atoms with Gasteiger partial charge in [0.25, 0.3) is 0 Å². The van der Waals surface area contributed by atoms with Crippen molar-refractivity contribution >= 4 is 15.9 Å². The molecule has 1 amide bonds. The molecule has 0 bridgehead atoms. The molecule has 2 aromatic carbocycles. The molecule has 0 fully saturated rings. The van der Waals surface area contributed by atoms with E-state index in [-0.39, 0.29) is 16.7 Å². The molecule has 1 N–H and O–H groups in total. The number of aryl methyl sites for hydroxylation is 2. The van der Waals surface area contributed by atoms with Gasteiger partial charge in [-0.2, -0.15) is 9.82 Å². The first-order chi connectivity index (χ1) is 16.0. The second-order valence-electron chi connectivity index (χ2n) is 9.21. The van der Waals surface area contributed by atoms with Crippen molar-refractivity contribution in [1.29, 1.82) is 0 Å². The molecule has 0 aliphatic rings. The second-order valence-corrected chi connectivity index (χ2v) is 10.9. The van der Waals surface area contributed by atoms with Crippen molar-refractivity contribution in [3.05, 3.63) is 77.1 Å². The number of sulfonamides is 1. The molecule has 1 atom stereocenters. The van der Waals surface area contributed by atoms with E-state index in [4.69, 9.17) is 0 Å². The minimum absolute atomic E-state index is 0.132. The Bertz CT molecular complexity index is 1230. The Labute approximate surface area is 202 Å². The van der Waals surface area contributed by atoms with E-state index in [9.17, 15) is 13.2 Å². The number of hydrogen-bond acceptors (Lipinski definition) is 4. The summed E-state index contributed by atoms with van der Waals surface area (Å²) in [5.74, 6) is -0.136. The lowest BCUT2D eigenvalue weighted by Gasteiger charge is -2.26. The Kier molecular flexibility index (Phi) is 7.94. The molecular weight excluding hydrogens is 448 g/mol. The maximum Gasteiger partial charge on any atom is 0.241 e. The van der Waals surface area contributed by atoms with Crippen LogP contribution in [0.15, 0.2) is 59.5 Å². The molecule has 0 aliphatic carbocycles. The Balaban J connectivity index is 1.82. The van der Waals surface area contributed by atoms with Crippen LogP contribution in [0, 0.1) is 26.7 Å². The summed E-state index contributed by atoms with van der Waals surface area (Å²) in [4.78, 5) is 15.1. The average Bonchev–Trinajstić information content (AvgIpc) is 3.06. The third kappa shape index (κ3) is 5.93. The molecule has 7 nitrogen and oxygen atoms in total. The molecule has 0 saturated carbocycles. The highest BCUT2D eigenvalue weighted by Crippen LogP contribution is 2.21. The molecule has 0 aliphatic heterocycles. The summed E-state index contributed by atoms with van der Waals surface area (Å²) in [6.07, 6.45) is 0.398. The van der Waals surface area contributed by atoms with Crippen LogP contribution in [0.2, 0.25) is 0 Å². The van der Waals surface area contributed by atoms with Crippen LogP contribution in [0.25, 0.3) is 5.69 Å². The Morgan fingerprint density at radius 2 is 1.65 bits per heavy atom. The Hall–Kier alpha value is -2.97. The van der Waals surface area contributed by atoms with Crippen molar-refractivity contribution in [2.24, 2.45) is 5.92 Å². The first-order valence-corrected chi connectivity index (χ1v) is 12.9. The van der Waals surface area contributed by atoms with E-state index < -0.39 is 16.1 Å². The summed E-state index contributed by atoms with van der Waals surface area (Å²) in [7, 11) is -2.13. The van der Waals surface area contributed by atoms with Gasteiger partial charge in [-0.05, 0) is 57.4 Å². The van der Waals surface area contributed by atoms with E-state index in [0.717, 1.165) is 28.2 Å². The van der Waals surface area contributed by atoms with Crippen LogP contribution in [0.1, 0.15) is 42.8 Å². The van der Waals surface area contributed by atoms with Gasteiger partial charge in [-0.25, -0.2) is 13.1 Å². The number of nitrogens with zero attached hydrogens (tertiary/aromatic N) is 3. The zero-order valence-electron chi connectivity index (χ0n) is 20.7. The van der Waals surface area contributed by atoms with Gasteiger partial charge in [-0.1, -0.05) is 49.7 Å². The molecule has 0 saturated heterocycles. The largest absolute Gasteiger partial charge is 0.340 e. The third-order valence-corrected chi connectivity index (χ3v) is 7.33. The van der Waals surface area contributed by atoms with Crippen molar-refractivity contribution in [2.75, 3.05) is 7.05 Å². The van der Waals surface area contributed by atoms with Crippen molar-refractivity contribution in [3.63, 3.8) is 0 Å². The van der Waals surface area contributed by atoms with E-state index in [0.29, 0.717) is 13.0 Å². The standard InChI is InChI=1S/C26H34N4O3S/c1-18(2)16-25(28-34(32,33)23-14-12-19(3)13-15-23)26(31)29(6)17-24-20(4)27-30(21(24)5)22-10-8-7-9-11-22/h7-15,18,25,28H,16-17H2,1-6H3. The summed E-state index contributed by atoms with van der Waals surface area (Å²) in [5.41, 5.74) is 4.65. The maximum atomic E-state index is 13.4. The van der Waals surface area contributed by atoms with Crippen molar-refractivity contribution < 1.29 is 13.2 Å². The van der Waals surface area contributed by atoms with Gasteiger partial charge in [0.15, 0.2) is 0 Å². The summed E-state index contributed by atoms with van der Waals surface area (Å²) in [6, 6.07) is 15.6. The summed E-state index contributed by atoms with van der Waals surface area (Å²) in [6.45, 7) is 10.1. The van der Waals surface area contributed by atoms with Crippen LogP contribution in [0.3, 0.4) is 0 Å². The highest BCUT2D eigenvalue weighted by Gasteiger charge is 2.29. The fraction of sp³-hybridized carbons (Fsp3) is 0.385. The molecule has 1 heterocycles. The van der Waals surface area contributed by atoms with E-state index >= 15 is 0 Å². The molecular formula is C26H34N4O3S. The van der Waals surface area contributed by atoms with Gasteiger partial charge in [0.05, 0.1) is 16.3 Å². The zero-order chi connectivity index (χ0) is 25.0. The van der Waals surface area contributed by atoms with Crippen LogP contribution < -0.4 is 4.72 Å². The lowest BCUT2D eigenvalue weighted by molar-refractivity contribution is -0.132. The van der Waals surface area contributed by atoms with Crippen LogP contribution in [-0.2, 0) is 21.4 Å². The number of benzene rings is 2. The van der Waals surface area contributed by atoms with Crippen LogP contribution >= 0.6 is 0 Å². The van der Waals surface area contributed by atoms with Crippen molar-refractivity contribution in [3.8, 4) is 5.69 Å². The van der Waals surface area contributed by atoms with E-state index in [1.54, 1.807) is 36.2 Å². The summed E-state index contributed by atoms with van der Waals surface area (Å²) < 4.78 is 30.5. The minimum Gasteiger partial charge on any atom is -0.340 e. The lowest BCUT2D eigenvalue weighted by atomic mass is 10.0. The van der Waals surface area contributed by atoms with Gasteiger partial charge in [0.2, 0.25) is 15.9 Å². The van der Waals surface area contributed by atoms with Crippen LogP contribution in [0.5, 0.6) is 0 Å². The van der Waals surface area contributed by atoms with Gasteiger partial charge < -0.3 is 4.90 Å². The molecule has 0 radical (unpaired) electrons. The van der Waals surface area contributed by atoms with Gasteiger partial charge in [0.1, 0.15) is 6.04 Å². The number of amides is 1. The second kappa shape index (κ2) is 10.5. The predicted octanol–water partition coefficient (Wildman–Crippen LogP) is 4.15. The molecule has 1 unspecified atom stereocenters. The molecule has 8 heteroatoms. The van der Waals surface area contributed by atoms with Gasteiger partial charge in [-0.15, -0.1) is 0 Å². The number of carbonyl (C=O) groups excluding carboxylic acids is 1. The van der Waals surface area contributed by atoms with Gasteiger partial charge >= 0.3 is 0 Å². The lowest BCUT2D eigenvalue weighted by Crippen LogP contribution is -2.47. The molecule has 34 heavy (non-hydrogen) atoms. The molecule has 182 valence electrons. The number of nitrogens with one attached hydrogen (secondary N) is 1. The minimum atomic E-state index is -3.84. The Morgan fingerprint density at radius 3 is 2.24 bits per heavy atom. The predicted molar refractivity (Wildman–Crippen MR) is 134 cm³/mol. The van der Waals surface area contributed by atoms with E-state index in [1.807, 2.05) is 69.6 Å². The first-order valence-electron chi connectivity index (χ1n) is 11.4. The normalized spacial score (nSPS) is 12.7. The number of hydrogen-bond donors (Lipinski definition) is 1. The summed E-state index contributed by atoms with van der Waals surface area (Å²) >= 11 is 0. The quantitative estimate of drug-likeness (QED) is 0.497. The molecule has 3 rings (SSSR count). The highest BCUT2D eigenvalue weighted by atomic mass is 32.2. The number of para-hydroxylation sites is 1. The first kappa shape index (κ1) is 25.6. The number of aromatic nitrogens is 2. The SMILES string of the molecule is Cc1ccc(S(=O)(=O)NC(CC(C)C)C(=O)N(C)Cc2c(C)nn(-c3ccccc3)c2C)cc1. The maximum absolute atomic E-state index is 13.4. The number of rotatable bonds is 9. The highest BCUT2D eigenvalue weighted by molar-refractivity contribution is 7.89. The zero-order valence-corrected chi connectivity index (χ0v) is 21.6. The summed E-state index contributed by atoms with van der Waals surface area (Å²) in [5, 5.41) is 4.66. The topological polar surface area (TPSA) is 84.3 Å². The molecule has 0 spiro atoms. The third-order valence-electron chi connectivity index (χ3n) is 5.85. The molecule has 3 aromatic rings. The van der Waals surface area contributed by atoms with E-state index in [2.05, 4.69) is 9.82 Å². The van der Waals surface area contributed by atoms with E-state index in [1.165, 1.54) is 0 Å². The Morgan fingerprint density at radius 1 is 1.03 bits per heavy atom. The molecule has 1 aromatic heterocycles. The van der Waals surface area contributed by atoms with Crippen LogP contribution in [0.4, 0.5) is 0 Å². The fourth-order valence-electron chi connectivity index (χ4n) is 3.95. The monoisotopic (exact) mass is 482 g/mol. The fourth-order valence-corrected chi connectivity index (χ4v) is 5.15. The van der Waals surface area contributed by atoms with Gasteiger partial charge in [-0.3, -0.25) is 4.79 Å². The number of likely N-dealkylation sites (N-methyl/N-ethyl adjacent to an activating group) is 1. The average molecular weight is 483 g/mol. The van der Waals surface area contributed by atoms with Gasteiger partial charge in [0, 0.05) is 24.8 Å². The smallest absolute Gasteiger partial charge is 0.241 e. The van der Waals surface area contributed by atoms with Crippen molar-refractivity contribution in [1.82, 2.24) is 19.4 Å². The number of carbonyl (C=O) groups is 1. The van der Waals surface area contributed by atoms with Crippen molar-refractivity contribution in [2.45, 2.75) is 58.5 Å². The van der Waals surface area contributed by atoms with Crippen LogP contribution in [-0.4, -0.2) is 42.1 Å².